The first-order chi connectivity index (χ1) is 8.74. The van der Waals surface area contributed by atoms with Crippen molar-refractivity contribution in [3.8, 4) is 0 Å². The number of halogens is 1. The van der Waals surface area contributed by atoms with Crippen LogP contribution in [-0.4, -0.2) is 6.54 Å². The maximum Gasteiger partial charge on any atom is 0.0931 e. The number of rotatable bonds is 5. The Kier molecular flexibility index (Phi) is 4.81. The summed E-state index contributed by atoms with van der Waals surface area (Å²) in [7, 11) is 0. The van der Waals surface area contributed by atoms with Crippen molar-refractivity contribution in [3.05, 3.63) is 56.7 Å². The average Bonchev–Trinajstić information content (AvgIpc) is 2.82. The van der Waals surface area contributed by atoms with Crippen molar-refractivity contribution in [2.24, 2.45) is 0 Å². The second-order valence-corrected chi connectivity index (χ2v) is 5.98. The molecule has 1 aromatic heterocycles. The van der Waals surface area contributed by atoms with Gasteiger partial charge in [0.1, 0.15) is 0 Å². The summed E-state index contributed by atoms with van der Waals surface area (Å²) < 4.78 is 0.847. The Hall–Kier alpha value is -0.830. The summed E-state index contributed by atoms with van der Waals surface area (Å²) in [5.41, 5.74) is 2.69. The highest BCUT2D eigenvalue weighted by molar-refractivity contribution is 7.16. The molecule has 0 radical (unpaired) electrons. The van der Waals surface area contributed by atoms with Gasteiger partial charge in [-0.15, -0.1) is 11.3 Å². The van der Waals surface area contributed by atoms with Crippen LogP contribution in [0.25, 0.3) is 0 Å². The van der Waals surface area contributed by atoms with Gasteiger partial charge in [0.2, 0.25) is 0 Å². The van der Waals surface area contributed by atoms with Crippen molar-refractivity contribution in [3.63, 3.8) is 0 Å². The molecule has 1 heterocycles. The van der Waals surface area contributed by atoms with Gasteiger partial charge in [-0.25, -0.2) is 0 Å². The second-order valence-electron chi connectivity index (χ2n) is 4.23. The van der Waals surface area contributed by atoms with Gasteiger partial charge in [0.15, 0.2) is 0 Å². The van der Waals surface area contributed by atoms with Gasteiger partial charge in [-0.2, -0.15) is 0 Å². The maximum absolute atomic E-state index is 6.04. The fraction of sp³-hybridized carbons (Fsp3) is 0.333. The molecule has 1 atom stereocenters. The van der Waals surface area contributed by atoms with Gasteiger partial charge in [-0.1, -0.05) is 49.7 Å². The fourth-order valence-electron chi connectivity index (χ4n) is 2.06. The third kappa shape index (κ3) is 3.14. The molecule has 0 aliphatic carbocycles. The van der Waals surface area contributed by atoms with Crippen molar-refractivity contribution in [2.75, 3.05) is 6.54 Å². The molecule has 18 heavy (non-hydrogen) atoms. The van der Waals surface area contributed by atoms with E-state index in [9.17, 15) is 0 Å². The minimum Gasteiger partial charge on any atom is -0.306 e. The predicted molar refractivity (Wildman–Crippen MR) is 80.7 cm³/mol. The molecule has 0 fully saturated rings. The Labute approximate surface area is 118 Å². The van der Waals surface area contributed by atoms with Crippen molar-refractivity contribution in [1.29, 1.82) is 0 Å². The minimum absolute atomic E-state index is 0.249. The molecule has 96 valence electrons. The first-order valence-corrected chi connectivity index (χ1v) is 7.51. The van der Waals surface area contributed by atoms with Crippen LogP contribution in [-0.2, 0) is 6.42 Å². The summed E-state index contributed by atoms with van der Waals surface area (Å²) in [5.74, 6) is 0. The topological polar surface area (TPSA) is 12.0 Å². The number of thiophene rings is 1. The summed E-state index contributed by atoms with van der Waals surface area (Å²) in [6.07, 6.45) is 1.07. The van der Waals surface area contributed by atoms with Crippen LogP contribution in [0.2, 0.25) is 4.34 Å². The third-order valence-electron chi connectivity index (χ3n) is 2.98. The Morgan fingerprint density at radius 3 is 2.67 bits per heavy atom. The number of aryl methyl sites for hydroxylation is 1. The van der Waals surface area contributed by atoms with Gasteiger partial charge in [0, 0.05) is 4.88 Å². The lowest BCUT2D eigenvalue weighted by Gasteiger charge is -2.17. The number of benzene rings is 1. The summed E-state index contributed by atoms with van der Waals surface area (Å²) in [5, 5.41) is 3.53. The van der Waals surface area contributed by atoms with Crippen molar-refractivity contribution in [1.82, 2.24) is 5.32 Å². The van der Waals surface area contributed by atoms with Crippen LogP contribution in [0.4, 0.5) is 0 Å². The molecule has 1 nitrogen and oxygen atoms in total. The molecule has 1 N–H and O–H groups in total. The molecular weight excluding hydrogens is 262 g/mol. The molecule has 2 aromatic rings. The molecular formula is C15H18ClNS. The van der Waals surface area contributed by atoms with Crippen LogP contribution in [0.15, 0.2) is 36.4 Å². The molecule has 3 heteroatoms. The Morgan fingerprint density at radius 2 is 2.06 bits per heavy atom. The summed E-state index contributed by atoms with van der Waals surface area (Å²) in [6, 6.07) is 13.1. The van der Waals surface area contributed by atoms with Gasteiger partial charge in [0.25, 0.3) is 0 Å². The SMILES string of the molecule is CCNC(c1cccc(CC)c1)c1ccc(Cl)s1. The van der Waals surface area contributed by atoms with Crippen LogP contribution in [0.3, 0.4) is 0 Å². The van der Waals surface area contributed by atoms with E-state index in [-0.39, 0.29) is 6.04 Å². The average molecular weight is 280 g/mol. The van der Waals surface area contributed by atoms with Crippen molar-refractivity contribution < 1.29 is 0 Å². The molecule has 0 aliphatic heterocycles. The maximum atomic E-state index is 6.04. The van der Waals surface area contributed by atoms with Crippen LogP contribution in [0, 0.1) is 0 Å². The highest BCUT2D eigenvalue weighted by Crippen LogP contribution is 2.31. The zero-order chi connectivity index (χ0) is 13.0. The van der Waals surface area contributed by atoms with Gasteiger partial charge >= 0.3 is 0 Å². The lowest BCUT2D eigenvalue weighted by molar-refractivity contribution is 0.639. The Morgan fingerprint density at radius 1 is 1.22 bits per heavy atom. The highest BCUT2D eigenvalue weighted by atomic mass is 35.5. The number of hydrogen-bond donors (Lipinski definition) is 1. The monoisotopic (exact) mass is 279 g/mol. The summed E-state index contributed by atoms with van der Waals surface area (Å²) in [4.78, 5) is 1.27. The molecule has 1 unspecified atom stereocenters. The first-order valence-electron chi connectivity index (χ1n) is 6.32. The quantitative estimate of drug-likeness (QED) is 0.839. The van der Waals surface area contributed by atoms with E-state index < -0.39 is 0 Å². The van der Waals surface area contributed by atoms with E-state index in [1.807, 2.05) is 6.07 Å². The molecule has 0 bridgehead atoms. The van der Waals surface area contributed by atoms with Gasteiger partial charge in [-0.05, 0) is 36.2 Å². The first kappa shape index (κ1) is 13.6. The Balaban J connectivity index is 2.34. The largest absolute Gasteiger partial charge is 0.306 e. The van der Waals surface area contributed by atoms with Gasteiger partial charge in [0.05, 0.1) is 10.4 Å². The third-order valence-corrected chi connectivity index (χ3v) is 4.28. The van der Waals surface area contributed by atoms with Crippen LogP contribution < -0.4 is 5.32 Å². The lowest BCUT2D eigenvalue weighted by atomic mass is 10.0. The molecule has 2 rings (SSSR count). The van der Waals surface area contributed by atoms with E-state index in [0.717, 1.165) is 17.3 Å². The van der Waals surface area contributed by atoms with E-state index in [1.165, 1.54) is 16.0 Å². The smallest absolute Gasteiger partial charge is 0.0931 e. The van der Waals surface area contributed by atoms with Crippen LogP contribution in [0.1, 0.15) is 35.9 Å². The standard InChI is InChI=1S/C15H18ClNS/c1-3-11-6-5-7-12(10-11)15(17-4-2)13-8-9-14(16)18-13/h5-10,15,17H,3-4H2,1-2H3. The lowest BCUT2D eigenvalue weighted by Crippen LogP contribution is -2.21. The molecule has 1 aromatic carbocycles. The fourth-order valence-corrected chi connectivity index (χ4v) is 3.23. The van der Waals surface area contributed by atoms with Gasteiger partial charge < -0.3 is 5.32 Å². The van der Waals surface area contributed by atoms with Crippen molar-refractivity contribution >= 4 is 22.9 Å². The predicted octanol–water partition coefficient (Wildman–Crippen LogP) is 4.66. The van der Waals surface area contributed by atoms with E-state index in [2.05, 4.69) is 49.5 Å². The van der Waals surface area contributed by atoms with E-state index in [0.29, 0.717) is 0 Å². The van der Waals surface area contributed by atoms with Crippen molar-refractivity contribution in [2.45, 2.75) is 26.3 Å². The summed E-state index contributed by atoms with van der Waals surface area (Å²) in [6.45, 7) is 5.26. The zero-order valence-corrected chi connectivity index (χ0v) is 12.3. The molecule has 0 aliphatic rings. The number of nitrogens with one attached hydrogen (secondary N) is 1. The Bertz CT molecular complexity index is 507. The van der Waals surface area contributed by atoms with Crippen LogP contribution >= 0.6 is 22.9 Å². The van der Waals surface area contributed by atoms with Gasteiger partial charge in [-0.3, -0.25) is 0 Å². The van der Waals surface area contributed by atoms with E-state index in [1.54, 1.807) is 11.3 Å². The molecule has 0 saturated heterocycles. The highest BCUT2D eigenvalue weighted by Gasteiger charge is 2.15. The summed E-state index contributed by atoms with van der Waals surface area (Å²) >= 11 is 7.69. The molecule has 0 spiro atoms. The zero-order valence-electron chi connectivity index (χ0n) is 10.7. The molecule has 0 saturated carbocycles. The van der Waals surface area contributed by atoms with Crippen LogP contribution in [0.5, 0.6) is 0 Å². The second kappa shape index (κ2) is 6.37. The number of hydrogen-bond acceptors (Lipinski definition) is 2. The molecule has 0 amide bonds. The van der Waals surface area contributed by atoms with E-state index >= 15 is 0 Å². The normalized spacial score (nSPS) is 12.6. The minimum atomic E-state index is 0.249. The van der Waals surface area contributed by atoms with E-state index in [4.69, 9.17) is 11.6 Å².